The van der Waals surface area contributed by atoms with Crippen molar-refractivity contribution in [2.45, 2.75) is 32.9 Å². The largest absolute Gasteiger partial charge is 0.497 e. The summed E-state index contributed by atoms with van der Waals surface area (Å²) in [5.41, 5.74) is 2.34. The third-order valence-corrected chi connectivity index (χ3v) is 8.17. The van der Waals surface area contributed by atoms with E-state index in [1.54, 1.807) is 46.0 Å². The molecule has 9 nitrogen and oxygen atoms in total. The molecule has 0 unspecified atom stereocenters. The molecular formula is C28H26BrN3O6S. The molecular weight excluding hydrogens is 586 g/mol. The highest BCUT2D eigenvalue weighted by Gasteiger charge is 2.38. The summed E-state index contributed by atoms with van der Waals surface area (Å²) in [6.07, 6.45) is -0.390. The van der Waals surface area contributed by atoms with Gasteiger partial charge in [-0.15, -0.1) is 0 Å². The highest BCUT2D eigenvalue weighted by Crippen LogP contribution is 2.39. The number of aromatic nitrogens is 1. The maximum atomic E-state index is 14.2. The van der Waals surface area contributed by atoms with Crippen LogP contribution in [0.5, 0.6) is 11.5 Å². The molecule has 0 radical (unpaired) electrons. The van der Waals surface area contributed by atoms with Gasteiger partial charge in [-0.1, -0.05) is 27.3 Å². The highest BCUT2D eigenvalue weighted by atomic mass is 79.9. The average molecular weight is 613 g/mol. The number of hydrogen-bond donors (Lipinski definition) is 0. The minimum Gasteiger partial charge on any atom is -0.497 e. The maximum Gasteiger partial charge on any atom is 0.338 e. The Hall–Kier alpha value is -3.70. The molecule has 0 spiro atoms. The minimum atomic E-state index is -0.928. The summed E-state index contributed by atoms with van der Waals surface area (Å²) in [5, 5.41) is 0. The Morgan fingerprint density at radius 1 is 1.10 bits per heavy atom. The molecule has 11 heteroatoms. The molecule has 5 rings (SSSR count). The number of amides is 1. The van der Waals surface area contributed by atoms with Gasteiger partial charge < -0.3 is 19.1 Å². The maximum absolute atomic E-state index is 14.2. The van der Waals surface area contributed by atoms with Gasteiger partial charge in [0.1, 0.15) is 22.1 Å². The summed E-state index contributed by atoms with van der Waals surface area (Å²) in [6, 6.07) is 9.75. The number of esters is 1. The fourth-order valence-electron chi connectivity index (χ4n) is 4.87. The number of ether oxygens (including phenoxy) is 3. The van der Waals surface area contributed by atoms with E-state index in [4.69, 9.17) is 14.2 Å². The highest BCUT2D eigenvalue weighted by molar-refractivity contribution is 9.10. The van der Waals surface area contributed by atoms with Gasteiger partial charge in [-0.2, -0.15) is 0 Å². The van der Waals surface area contributed by atoms with Crippen LogP contribution in [0.4, 0.5) is 5.69 Å². The number of fused-ring (bicyclic) bond motifs is 2. The number of hydrogen-bond acceptors (Lipinski definition) is 8. The van der Waals surface area contributed by atoms with Crippen molar-refractivity contribution in [3.8, 4) is 11.5 Å². The molecule has 1 atom stereocenters. The Labute approximate surface area is 236 Å². The SMILES string of the molecule is COc1ccc(OC)c([C@@H]2C(C(=O)OC(C)C)=C(C)N=c3s/c(=C4/C(=O)N(C)c5ccc(Br)cc54)c(=O)n32)c1. The molecule has 0 N–H and O–H groups in total. The van der Waals surface area contributed by atoms with E-state index >= 15 is 0 Å². The van der Waals surface area contributed by atoms with Crippen molar-refractivity contribution in [3.63, 3.8) is 0 Å². The van der Waals surface area contributed by atoms with E-state index in [1.807, 2.05) is 18.2 Å². The first-order valence-electron chi connectivity index (χ1n) is 12.1. The summed E-state index contributed by atoms with van der Waals surface area (Å²) in [5.74, 6) is 0.0898. The second-order valence-electron chi connectivity index (χ2n) is 9.36. The van der Waals surface area contributed by atoms with Gasteiger partial charge in [0.05, 0.1) is 42.9 Å². The number of halogens is 1. The van der Waals surface area contributed by atoms with E-state index in [-0.39, 0.29) is 22.1 Å². The van der Waals surface area contributed by atoms with Crippen LogP contribution in [0.3, 0.4) is 0 Å². The van der Waals surface area contributed by atoms with Crippen molar-refractivity contribution in [2.75, 3.05) is 26.2 Å². The standard InChI is InChI=1S/C28H26BrN3O6S/c1-13(2)38-27(35)21-14(3)30-28-32(23(21)18-12-16(36-5)8-10-20(18)37-6)26(34)24(39-28)22-17-11-15(29)7-9-19(17)31(4)25(22)33/h7-13,23H,1-6H3/b24-22+/t23-/m1/s1. The van der Waals surface area contributed by atoms with Crippen LogP contribution in [0.1, 0.15) is 37.9 Å². The quantitative estimate of drug-likeness (QED) is 0.410. The molecule has 202 valence electrons. The number of carbonyl (C=O) groups is 2. The molecule has 3 heterocycles. The number of nitrogens with zero attached hydrogens (tertiary/aromatic N) is 3. The number of benzene rings is 2. The number of carbonyl (C=O) groups excluding carboxylic acids is 2. The Morgan fingerprint density at radius 2 is 1.85 bits per heavy atom. The van der Waals surface area contributed by atoms with Crippen molar-refractivity contribution >= 4 is 50.4 Å². The smallest absolute Gasteiger partial charge is 0.338 e. The lowest BCUT2D eigenvalue weighted by Gasteiger charge is -2.26. The Kier molecular flexibility index (Phi) is 6.98. The van der Waals surface area contributed by atoms with Gasteiger partial charge in [-0.25, -0.2) is 9.79 Å². The number of rotatable bonds is 5. The van der Waals surface area contributed by atoms with E-state index in [2.05, 4.69) is 20.9 Å². The predicted molar refractivity (Wildman–Crippen MR) is 151 cm³/mol. The van der Waals surface area contributed by atoms with Crippen molar-refractivity contribution in [1.29, 1.82) is 0 Å². The van der Waals surface area contributed by atoms with Crippen molar-refractivity contribution in [3.05, 3.63) is 83.0 Å². The molecule has 1 amide bonds. The van der Waals surface area contributed by atoms with Gasteiger partial charge in [-0.3, -0.25) is 14.2 Å². The molecule has 0 aliphatic carbocycles. The van der Waals surface area contributed by atoms with Crippen LogP contribution < -0.4 is 29.3 Å². The number of anilines is 1. The van der Waals surface area contributed by atoms with Crippen molar-refractivity contribution in [1.82, 2.24) is 4.57 Å². The zero-order valence-electron chi connectivity index (χ0n) is 22.2. The van der Waals surface area contributed by atoms with E-state index in [1.165, 1.54) is 23.7 Å². The Balaban J connectivity index is 1.87. The van der Waals surface area contributed by atoms with Crippen molar-refractivity contribution in [2.24, 2.45) is 4.99 Å². The monoisotopic (exact) mass is 611 g/mol. The Morgan fingerprint density at radius 3 is 2.51 bits per heavy atom. The van der Waals surface area contributed by atoms with Crippen LogP contribution in [-0.2, 0) is 14.3 Å². The van der Waals surface area contributed by atoms with Gasteiger partial charge in [0, 0.05) is 22.6 Å². The Bertz CT molecular complexity index is 1750. The first kappa shape index (κ1) is 26.9. The third kappa shape index (κ3) is 4.39. The summed E-state index contributed by atoms with van der Waals surface area (Å²) < 4.78 is 19.2. The van der Waals surface area contributed by atoms with Crippen LogP contribution in [0.15, 0.2) is 61.9 Å². The van der Waals surface area contributed by atoms with Gasteiger partial charge in [0.2, 0.25) is 0 Å². The second-order valence-corrected chi connectivity index (χ2v) is 11.3. The summed E-state index contributed by atoms with van der Waals surface area (Å²) in [4.78, 5) is 47.6. The summed E-state index contributed by atoms with van der Waals surface area (Å²) in [7, 11) is 4.72. The van der Waals surface area contributed by atoms with E-state index in [0.29, 0.717) is 44.4 Å². The predicted octanol–water partition coefficient (Wildman–Crippen LogP) is 3.31. The number of thiazole rings is 1. The normalized spacial score (nSPS) is 17.7. The molecule has 1 aromatic heterocycles. The lowest BCUT2D eigenvalue weighted by Crippen LogP contribution is -2.41. The van der Waals surface area contributed by atoms with Gasteiger partial charge in [0.25, 0.3) is 11.5 Å². The van der Waals surface area contributed by atoms with Gasteiger partial charge in [-0.05, 0) is 57.2 Å². The first-order valence-corrected chi connectivity index (χ1v) is 13.7. The van der Waals surface area contributed by atoms with Gasteiger partial charge in [0.15, 0.2) is 4.80 Å². The van der Waals surface area contributed by atoms with Crippen LogP contribution in [0, 0.1) is 0 Å². The second kappa shape index (κ2) is 10.1. The molecule has 2 aliphatic heterocycles. The van der Waals surface area contributed by atoms with E-state index in [9.17, 15) is 14.4 Å². The average Bonchev–Trinajstić information content (AvgIpc) is 3.33. The molecule has 2 aliphatic rings. The first-order chi connectivity index (χ1) is 18.6. The topological polar surface area (TPSA) is 99.4 Å². The fourth-order valence-corrected chi connectivity index (χ4v) is 6.37. The molecule has 0 fully saturated rings. The summed E-state index contributed by atoms with van der Waals surface area (Å²) >= 11 is 4.59. The molecule has 0 saturated carbocycles. The summed E-state index contributed by atoms with van der Waals surface area (Å²) in [6.45, 7) is 5.21. The van der Waals surface area contributed by atoms with Crippen LogP contribution in [0.2, 0.25) is 0 Å². The number of likely N-dealkylation sites (N-methyl/N-ethyl adjacent to an activating group) is 1. The molecule has 39 heavy (non-hydrogen) atoms. The lowest BCUT2D eigenvalue weighted by atomic mass is 9.94. The molecule has 0 saturated heterocycles. The zero-order valence-corrected chi connectivity index (χ0v) is 24.6. The molecule has 0 bridgehead atoms. The van der Waals surface area contributed by atoms with E-state index in [0.717, 1.165) is 15.8 Å². The lowest BCUT2D eigenvalue weighted by molar-refractivity contribution is -0.143. The van der Waals surface area contributed by atoms with Gasteiger partial charge >= 0.3 is 5.97 Å². The third-order valence-electron chi connectivity index (χ3n) is 6.63. The zero-order chi connectivity index (χ0) is 28.2. The van der Waals surface area contributed by atoms with E-state index < -0.39 is 17.6 Å². The number of allylic oxidation sites excluding steroid dienone is 1. The number of methoxy groups -OCH3 is 2. The van der Waals surface area contributed by atoms with Crippen molar-refractivity contribution < 1.29 is 23.8 Å². The molecule has 2 aromatic carbocycles. The minimum absolute atomic E-state index is 0.206. The van der Waals surface area contributed by atoms with Crippen LogP contribution >= 0.6 is 27.3 Å². The van der Waals surface area contributed by atoms with Crippen LogP contribution in [0.25, 0.3) is 5.57 Å². The fraction of sp³-hybridized carbons (Fsp3) is 0.286. The van der Waals surface area contributed by atoms with Crippen LogP contribution in [-0.4, -0.2) is 43.8 Å². The molecule has 3 aromatic rings.